The molecule has 1 heterocycles. The van der Waals surface area contributed by atoms with E-state index in [1.807, 2.05) is 13.8 Å². The van der Waals surface area contributed by atoms with Gasteiger partial charge in [-0.05, 0) is 23.6 Å². The Morgan fingerprint density at radius 1 is 1.16 bits per heavy atom. The Bertz CT molecular complexity index is 568. The average molecular weight is 269 g/mol. The highest BCUT2D eigenvalue weighted by Gasteiger charge is 2.30. The number of rotatable bonds is 2. The number of nitrogen functional groups attached to an aromatic ring is 1. The number of aromatic amines is 1. The molecule has 6 heteroatoms. The Morgan fingerprint density at radius 3 is 2.21 bits per heavy atom. The van der Waals surface area contributed by atoms with Crippen molar-refractivity contribution in [2.45, 2.75) is 25.9 Å². The van der Waals surface area contributed by atoms with Gasteiger partial charge in [0.15, 0.2) is 0 Å². The second-order valence-electron chi connectivity index (χ2n) is 4.63. The van der Waals surface area contributed by atoms with Gasteiger partial charge in [-0.15, -0.1) is 0 Å². The average Bonchev–Trinajstić information content (AvgIpc) is 2.70. The smallest absolute Gasteiger partial charge is 0.382 e. The Balaban J connectivity index is 2.44. The molecular weight excluding hydrogens is 255 g/mol. The van der Waals surface area contributed by atoms with E-state index in [2.05, 4.69) is 10.2 Å². The molecule has 0 aliphatic carbocycles. The van der Waals surface area contributed by atoms with Gasteiger partial charge in [0.1, 0.15) is 5.82 Å². The molecule has 0 aliphatic heterocycles. The van der Waals surface area contributed by atoms with E-state index in [0.29, 0.717) is 17.1 Å². The molecule has 3 N–H and O–H groups in total. The van der Waals surface area contributed by atoms with Crippen LogP contribution in [0, 0.1) is 0 Å². The fraction of sp³-hybridized carbons (Fsp3) is 0.308. The summed E-state index contributed by atoms with van der Waals surface area (Å²) in [7, 11) is 0. The molecule has 0 atom stereocenters. The van der Waals surface area contributed by atoms with Gasteiger partial charge >= 0.3 is 6.18 Å². The number of anilines is 1. The van der Waals surface area contributed by atoms with Crippen LogP contribution < -0.4 is 5.73 Å². The first kappa shape index (κ1) is 13.5. The van der Waals surface area contributed by atoms with Gasteiger partial charge in [0, 0.05) is 5.56 Å². The van der Waals surface area contributed by atoms with E-state index in [1.165, 1.54) is 12.1 Å². The molecule has 1 aromatic carbocycles. The molecule has 0 fully saturated rings. The summed E-state index contributed by atoms with van der Waals surface area (Å²) in [5, 5.41) is 6.69. The summed E-state index contributed by atoms with van der Waals surface area (Å²) in [5.74, 6) is 0.515. The third-order valence-electron chi connectivity index (χ3n) is 2.91. The fourth-order valence-electron chi connectivity index (χ4n) is 2.00. The molecule has 0 aliphatic rings. The van der Waals surface area contributed by atoms with Crippen molar-refractivity contribution < 1.29 is 13.2 Å². The third-order valence-corrected chi connectivity index (χ3v) is 2.91. The lowest BCUT2D eigenvalue weighted by molar-refractivity contribution is -0.137. The highest BCUT2D eigenvalue weighted by Crippen LogP contribution is 2.34. The van der Waals surface area contributed by atoms with Gasteiger partial charge in [0.2, 0.25) is 0 Å². The fourth-order valence-corrected chi connectivity index (χ4v) is 2.00. The number of alkyl halides is 3. The van der Waals surface area contributed by atoms with E-state index in [4.69, 9.17) is 5.73 Å². The van der Waals surface area contributed by atoms with Crippen LogP contribution in [0.3, 0.4) is 0 Å². The summed E-state index contributed by atoms with van der Waals surface area (Å²) < 4.78 is 37.5. The molecule has 0 radical (unpaired) electrons. The van der Waals surface area contributed by atoms with Crippen LogP contribution in [0.1, 0.15) is 30.9 Å². The first-order valence-electron chi connectivity index (χ1n) is 5.82. The van der Waals surface area contributed by atoms with Crippen molar-refractivity contribution in [1.29, 1.82) is 0 Å². The Labute approximate surface area is 108 Å². The standard InChI is InChI=1S/C13H14F3N3/c1-7(2)10-11(18-19-12(10)17)8-3-5-9(6-4-8)13(14,15)16/h3-7H,1-2H3,(H3,17,18,19). The lowest BCUT2D eigenvalue weighted by Gasteiger charge is -2.09. The zero-order valence-electron chi connectivity index (χ0n) is 10.5. The van der Waals surface area contributed by atoms with Gasteiger partial charge in [0.05, 0.1) is 11.3 Å². The predicted octanol–water partition coefficient (Wildman–Crippen LogP) is 3.80. The quantitative estimate of drug-likeness (QED) is 0.871. The molecule has 0 bridgehead atoms. The van der Waals surface area contributed by atoms with Gasteiger partial charge in [-0.2, -0.15) is 18.3 Å². The SMILES string of the molecule is CC(C)c1c(N)n[nH]c1-c1ccc(C(F)(F)F)cc1. The molecule has 0 amide bonds. The highest BCUT2D eigenvalue weighted by molar-refractivity contribution is 5.69. The number of nitrogens with zero attached hydrogens (tertiary/aromatic N) is 1. The monoisotopic (exact) mass is 269 g/mol. The second kappa shape index (κ2) is 4.60. The second-order valence-corrected chi connectivity index (χ2v) is 4.63. The normalized spacial score (nSPS) is 12.1. The number of aromatic nitrogens is 2. The van der Waals surface area contributed by atoms with E-state index in [-0.39, 0.29) is 5.92 Å². The van der Waals surface area contributed by atoms with E-state index < -0.39 is 11.7 Å². The molecular formula is C13H14F3N3. The van der Waals surface area contributed by atoms with Gasteiger partial charge in [-0.3, -0.25) is 5.10 Å². The zero-order chi connectivity index (χ0) is 14.2. The molecule has 2 rings (SSSR count). The molecule has 0 spiro atoms. The number of hydrogen-bond acceptors (Lipinski definition) is 2. The van der Waals surface area contributed by atoms with Crippen molar-refractivity contribution in [1.82, 2.24) is 10.2 Å². The van der Waals surface area contributed by atoms with Gasteiger partial charge in [-0.25, -0.2) is 0 Å². The van der Waals surface area contributed by atoms with E-state index in [9.17, 15) is 13.2 Å². The Hall–Kier alpha value is -1.98. The largest absolute Gasteiger partial charge is 0.416 e. The first-order valence-corrected chi connectivity index (χ1v) is 5.82. The summed E-state index contributed by atoms with van der Waals surface area (Å²) >= 11 is 0. The summed E-state index contributed by atoms with van der Waals surface area (Å²) in [6.07, 6.45) is -4.33. The molecule has 0 unspecified atom stereocenters. The summed E-state index contributed by atoms with van der Waals surface area (Å²) in [4.78, 5) is 0. The van der Waals surface area contributed by atoms with Crippen LogP contribution in [-0.4, -0.2) is 10.2 Å². The maximum Gasteiger partial charge on any atom is 0.416 e. The van der Waals surface area contributed by atoms with E-state index in [0.717, 1.165) is 17.7 Å². The summed E-state index contributed by atoms with van der Waals surface area (Å²) in [5.41, 5.74) is 7.21. The topological polar surface area (TPSA) is 54.7 Å². The lowest BCUT2D eigenvalue weighted by Crippen LogP contribution is -2.04. The predicted molar refractivity (Wildman–Crippen MR) is 67.5 cm³/mol. The van der Waals surface area contributed by atoms with Crippen molar-refractivity contribution in [3.8, 4) is 11.3 Å². The number of hydrogen-bond donors (Lipinski definition) is 2. The number of halogens is 3. The van der Waals surface area contributed by atoms with Crippen molar-refractivity contribution in [2.24, 2.45) is 0 Å². The molecule has 0 saturated heterocycles. The van der Waals surface area contributed by atoms with Crippen LogP contribution >= 0.6 is 0 Å². The number of nitrogens with one attached hydrogen (secondary N) is 1. The van der Waals surface area contributed by atoms with Crippen LogP contribution in [0.25, 0.3) is 11.3 Å². The van der Waals surface area contributed by atoms with Gasteiger partial charge in [-0.1, -0.05) is 26.0 Å². The zero-order valence-corrected chi connectivity index (χ0v) is 10.5. The minimum absolute atomic E-state index is 0.135. The molecule has 1 aromatic heterocycles. The maximum atomic E-state index is 12.5. The Morgan fingerprint density at radius 2 is 1.74 bits per heavy atom. The maximum absolute atomic E-state index is 12.5. The van der Waals surface area contributed by atoms with Crippen LogP contribution in [0.4, 0.5) is 19.0 Å². The molecule has 19 heavy (non-hydrogen) atoms. The lowest BCUT2D eigenvalue weighted by atomic mass is 9.98. The number of H-pyrrole nitrogens is 1. The van der Waals surface area contributed by atoms with Crippen molar-refractivity contribution in [2.75, 3.05) is 5.73 Å². The Kier molecular flexibility index (Phi) is 3.26. The first-order chi connectivity index (χ1) is 8.80. The van der Waals surface area contributed by atoms with Crippen molar-refractivity contribution in [3.63, 3.8) is 0 Å². The molecule has 102 valence electrons. The van der Waals surface area contributed by atoms with Crippen LogP contribution in [0.15, 0.2) is 24.3 Å². The van der Waals surface area contributed by atoms with E-state index in [1.54, 1.807) is 0 Å². The number of nitrogens with two attached hydrogens (primary N) is 1. The molecule has 0 saturated carbocycles. The van der Waals surface area contributed by atoms with Crippen molar-refractivity contribution >= 4 is 5.82 Å². The van der Waals surface area contributed by atoms with Crippen LogP contribution in [0.5, 0.6) is 0 Å². The third kappa shape index (κ3) is 2.57. The minimum Gasteiger partial charge on any atom is -0.382 e. The molecule has 2 aromatic rings. The van der Waals surface area contributed by atoms with Crippen LogP contribution in [-0.2, 0) is 6.18 Å². The van der Waals surface area contributed by atoms with Crippen molar-refractivity contribution in [3.05, 3.63) is 35.4 Å². The summed E-state index contributed by atoms with van der Waals surface area (Å²) in [6, 6.07) is 4.94. The minimum atomic E-state index is -4.33. The number of benzene rings is 1. The van der Waals surface area contributed by atoms with Crippen LogP contribution in [0.2, 0.25) is 0 Å². The van der Waals surface area contributed by atoms with Gasteiger partial charge in [0.25, 0.3) is 0 Å². The molecule has 3 nitrogen and oxygen atoms in total. The van der Waals surface area contributed by atoms with Gasteiger partial charge < -0.3 is 5.73 Å². The highest BCUT2D eigenvalue weighted by atomic mass is 19.4. The summed E-state index contributed by atoms with van der Waals surface area (Å²) in [6.45, 7) is 3.91. The van der Waals surface area contributed by atoms with E-state index >= 15 is 0 Å².